The Morgan fingerprint density at radius 3 is 2.14 bits per heavy atom. The molecule has 0 bridgehead atoms. The molecule has 0 saturated heterocycles. The Bertz CT molecular complexity index is 1290. The van der Waals surface area contributed by atoms with Crippen molar-refractivity contribution in [3.63, 3.8) is 0 Å². The number of hydrogen-bond donors (Lipinski definition) is 9. The number of fused-ring (bicyclic) bond motifs is 3. The summed E-state index contributed by atoms with van der Waals surface area (Å²) in [5.74, 6) is -8.87. The molecular formula is C22H27N2O12P. The number of nitrogens with zero attached hydrogens (tertiary/aromatic N) is 1. The van der Waals surface area contributed by atoms with E-state index in [1.807, 2.05) is 0 Å². The maximum atomic E-state index is 13.7. The Balaban J connectivity index is 0.000000695. The highest BCUT2D eigenvalue weighted by Gasteiger charge is 2.68. The van der Waals surface area contributed by atoms with Gasteiger partial charge in [0.1, 0.15) is 22.8 Å². The molecule has 10 N–H and O–H groups in total. The summed E-state index contributed by atoms with van der Waals surface area (Å²) >= 11 is 0. The minimum absolute atomic E-state index is 0.0245. The van der Waals surface area contributed by atoms with Crippen molar-refractivity contribution in [1.82, 2.24) is 4.90 Å². The molecule has 3 aliphatic rings. The van der Waals surface area contributed by atoms with E-state index < -0.39 is 83.5 Å². The second-order valence-corrected chi connectivity index (χ2v) is 10.3. The van der Waals surface area contributed by atoms with Crippen LogP contribution >= 0.6 is 7.82 Å². The van der Waals surface area contributed by atoms with E-state index >= 15 is 0 Å². The summed E-state index contributed by atoms with van der Waals surface area (Å²) in [4.78, 5) is 61.5. The highest BCUT2D eigenvalue weighted by molar-refractivity contribution is 7.45. The van der Waals surface area contributed by atoms with Gasteiger partial charge in [0.05, 0.1) is 23.6 Å². The van der Waals surface area contributed by atoms with Gasteiger partial charge in [-0.3, -0.25) is 19.3 Å². The highest BCUT2D eigenvalue weighted by atomic mass is 31.2. The van der Waals surface area contributed by atoms with Gasteiger partial charge in [0, 0.05) is 11.5 Å². The van der Waals surface area contributed by atoms with E-state index in [4.69, 9.17) is 25.0 Å². The topological polar surface area (TPSA) is 259 Å². The molecule has 1 amide bonds. The number of likely N-dealkylation sites (N-methyl/N-ethyl adjacent to an activating group) is 1. The largest absolute Gasteiger partial charge is 0.508 e. The molecule has 6 atom stereocenters. The van der Waals surface area contributed by atoms with Crippen molar-refractivity contribution in [1.29, 1.82) is 0 Å². The second kappa shape index (κ2) is 9.33. The Kier molecular flexibility index (Phi) is 7.18. The number of rotatable bonds is 2. The van der Waals surface area contributed by atoms with Crippen LogP contribution in [0, 0.1) is 11.8 Å². The number of aliphatic hydroxyl groups excluding tert-OH is 3. The molecule has 1 aromatic rings. The minimum atomic E-state index is -4.64. The lowest BCUT2D eigenvalue weighted by Crippen LogP contribution is -2.70. The molecule has 0 aliphatic heterocycles. The van der Waals surface area contributed by atoms with Crippen LogP contribution in [0.2, 0.25) is 0 Å². The van der Waals surface area contributed by atoms with Crippen molar-refractivity contribution in [2.75, 3.05) is 14.1 Å². The molecule has 1 aromatic carbocycles. The van der Waals surface area contributed by atoms with E-state index in [1.165, 1.54) is 25.1 Å². The average molecular weight is 542 g/mol. The van der Waals surface area contributed by atoms with E-state index in [1.54, 1.807) is 19.1 Å². The summed E-state index contributed by atoms with van der Waals surface area (Å²) < 4.78 is 8.88. The van der Waals surface area contributed by atoms with Crippen LogP contribution in [0.5, 0.6) is 5.75 Å². The summed E-state index contributed by atoms with van der Waals surface area (Å²) in [6, 6.07) is 3.13. The van der Waals surface area contributed by atoms with Crippen molar-refractivity contribution in [2.24, 2.45) is 17.6 Å². The minimum Gasteiger partial charge on any atom is -0.508 e. The van der Waals surface area contributed by atoms with Gasteiger partial charge < -0.3 is 45.9 Å². The first-order chi connectivity index (χ1) is 16.9. The van der Waals surface area contributed by atoms with Gasteiger partial charge in [-0.15, -0.1) is 0 Å². The lowest BCUT2D eigenvalue weighted by molar-refractivity contribution is -0.169. The summed E-state index contributed by atoms with van der Waals surface area (Å²) in [5.41, 5.74) is 1.47. The van der Waals surface area contributed by atoms with Gasteiger partial charge in [-0.2, -0.15) is 0 Å². The third-order valence-corrected chi connectivity index (χ3v) is 6.99. The zero-order chi connectivity index (χ0) is 28.4. The van der Waals surface area contributed by atoms with Crippen LogP contribution in [0.4, 0.5) is 0 Å². The van der Waals surface area contributed by atoms with E-state index in [0.717, 1.165) is 0 Å². The predicted molar refractivity (Wildman–Crippen MR) is 125 cm³/mol. The van der Waals surface area contributed by atoms with Crippen molar-refractivity contribution >= 4 is 31.1 Å². The van der Waals surface area contributed by atoms with Crippen LogP contribution < -0.4 is 5.73 Å². The number of nitrogens with two attached hydrogens (primary N) is 1. The molecule has 1 saturated carbocycles. The van der Waals surface area contributed by atoms with Gasteiger partial charge in [0.25, 0.3) is 5.91 Å². The van der Waals surface area contributed by atoms with Crippen LogP contribution in [0.15, 0.2) is 35.1 Å². The third kappa shape index (κ3) is 4.36. The van der Waals surface area contributed by atoms with E-state index in [-0.39, 0.29) is 11.3 Å². The van der Waals surface area contributed by atoms with Crippen LogP contribution in [0.25, 0.3) is 5.76 Å². The van der Waals surface area contributed by atoms with E-state index in [2.05, 4.69) is 0 Å². The molecule has 0 spiro atoms. The maximum absolute atomic E-state index is 13.7. The number of phosphoric acid groups is 1. The molecule has 0 heterocycles. The molecule has 0 unspecified atom stereocenters. The van der Waals surface area contributed by atoms with Gasteiger partial charge in [-0.1, -0.05) is 19.1 Å². The van der Waals surface area contributed by atoms with Gasteiger partial charge >= 0.3 is 7.82 Å². The molecule has 37 heavy (non-hydrogen) atoms. The fraction of sp³-hybridized carbons (Fsp3) is 0.409. The molecule has 3 aliphatic carbocycles. The lowest BCUT2D eigenvalue weighted by atomic mass is 9.54. The molecule has 0 aromatic heterocycles. The molecular weight excluding hydrogens is 515 g/mol. The third-order valence-electron chi connectivity index (χ3n) is 6.99. The number of primary amides is 1. The Hall–Kier alpha value is -3.10. The molecule has 202 valence electrons. The number of Topliss-reactive ketones (excluding diaryl/α,β-unsaturated/α-hetero) is 2. The van der Waals surface area contributed by atoms with Crippen molar-refractivity contribution in [2.45, 2.75) is 30.6 Å². The Labute approximate surface area is 209 Å². The molecule has 15 heteroatoms. The first-order valence-electron chi connectivity index (χ1n) is 10.8. The van der Waals surface area contributed by atoms with E-state index in [0.29, 0.717) is 5.56 Å². The number of amides is 1. The van der Waals surface area contributed by atoms with Crippen LogP contribution in [0.3, 0.4) is 0 Å². The normalized spacial score (nSPS) is 31.3. The Morgan fingerprint density at radius 2 is 1.65 bits per heavy atom. The quantitative estimate of drug-likeness (QED) is 0.153. The first kappa shape index (κ1) is 28.5. The van der Waals surface area contributed by atoms with Crippen LogP contribution in [0.1, 0.15) is 24.0 Å². The average Bonchev–Trinajstić information content (AvgIpc) is 2.74. The maximum Gasteiger partial charge on any atom is 0.466 e. The fourth-order valence-electron chi connectivity index (χ4n) is 5.58. The monoisotopic (exact) mass is 542 g/mol. The zero-order valence-electron chi connectivity index (χ0n) is 19.8. The highest BCUT2D eigenvalue weighted by Crippen LogP contribution is 2.55. The summed E-state index contributed by atoms with van der Waals surface area (Å²) in [7, 11) is -1.72. The number of aromatic hydroxyl groups is 1. The summed E-state index contributed by atoms with van der Waals surface area (Å²) in [6.07, 6.45) is -1.59. The van der Waals surface area contributed by atoms with Crippen molar-refractivity contribution in [3.05, 3.63) is 46.2 Å². The zero-order valence-corrected chi connectivity index (χ0v) is 20.7. The number of benzene rings is 1. The molecule has 4 rings (SSSR count). The first-order valence-corrected chi connectivity index (χ1v) is 12.4. The van der Waals surface area contributed by atoms with Crippen molar-refractivity contribution < 1.29 is 59.2 Å². The van der Waals surface area contributed by atoms with Gasteiger partial charge in [-0.25, -0.2) is 4.57 Å². The van der Waals surface area contributed by atoms with Gasteiger partial charge in [0.15, 0.2) is 11.4 Å². The van der Waals surface area contributed by atoms with Crippen LogP contribution in [-0.2, 0) is 18.9 Å². The number of ketones is 2. The number of hydrogen-bond acceptors (Lipinski definition) is 10. The number of carbonyl (C=O) groups excluding carboxylic acids is 3. The van der Waals surface area contributed by atoms with E-state index in [9.17, 15) is 39.9 Å². The predicted octanol–water partition coefficient (Wildman–Crippen LogP) is -1.43. The number of aliphatic hydroxyl groups is 4. The van der Waals surface area contributed by atoms with Gasteiger partial charge in [-0.05, 0) is 31.6 Å². The smallest absolute Gasteiger partial charge is 0.466 e. The number of carbonyl (C=O) groups is 3. The Morgan fingerprint density at radius 1 is 1.11 bits per heavy atom. The van der Waals surface area contributed by atoms with Gasteiger partial charge in [0.2, 0.25) is 5.78 Å². The number of phenols is 1. The lowest BCUT2D eigenvalue weighted by Gasteiger charge is -2.53. The molecule has 14 nitrogen and oxygen atoms in total. The standard InChI is InChI=1S/C22H24N2O8.H3O4P/c1-7-8-5-4-6-9(25)11(8)16(26)12-10(7)17(27)14-15(24(2)3)18(28)13(21(23)31)20(30)22(14,32)19(12)29;1-5(2,3)4/h4-7,10,14-15,17,25-27,30,32H,1-3H3,(H2,23,31);(H3,1,2,3,4)/t7-,10+,14-,15-,17-,22-;/m0./s1. The molecule has 0 radical (unpaired) electrons. The molecule has 1 fully saturated rings. The van der Waals surface area contributed by atoms with Crippen molar-refractivity contribution in [3.8, 4) is 5.75 Å². The summed E-state index contributed by atoms with van der Waals surface area (Å²) in [6.45, 7) is 1.68. The fourth-order valence-corrected chi connectivity index (χ4v) is 5.58. The number of phenolic OH excluding ortho intramolecular Hbond substituents is 1. The SMILES string of the molecule is C[C@H]1c2cccc(O)c2C(O)=C2C(=O)[C@]3(O)C(O)=C(C(N)=O)C(=O)[C@@H](N(C)C)[C@H]3[C@@H](O)[C@@H]21.O=P(O)(O)O. The second-order valence-electron chi connectivity index (χ2n) is 9.30. The van der Waals surface area contributed by atoms with Crippen LogP contribution in [-0.4, -0.2) is 94.4 Å². The summed E-state index contributed by atoms with van der Waals surface area (Å²) in [5, 5.41) is 54.9.